The molecule has 5 heteroatoms. The van der Waals surface area contributed by atoms with Crippen molar-refractivity contribution in [2.45, 2.75) is 18.9 Å². The lowest BCUT2D eigenvalue weighted by Crippen LogP contribution is -2.39. The highest BCUT2D eigenvalue weighted by molar-refractivity contribution is 9.10. The Labute approximate surface area is 122 Å². The van der Waals surface area contributed by atoms with Gasteiger partial charge in [0.25, 0.3) is 0 Å². The molecule has 2 rings (SSSR count). The second-order valence-electron chi connectivity index (χ2n) is 4.71. The summed E-state index contributed by atoms with van der Waals surface area (Å²) in [6, 6.07) is 8.42. The van der Waals surface area contributed by atoms with E-state index in [9.17, 15) is 4.79 Å². The minimum Gasteiger partial charge on any atom is -0.469 e. The van der Waals surface area contributed by atoms with Gasteiger partial charge in [0.2, 0.25) is 0 Å². The minimum atomic E-state index is -0.159. The molecule has 4 nitrogen and oxygen atoms in total. The lowest BCUT2D eigenvalue weighted by molar-refractivity contribution is -0.141. The molecular formula is C14H19BrN2O2. The van der Waals surface area contributed by atoms with Crippen molar-refractivity contribution in [1.82, 2.24) is 5.32 Å². The molecule has 0 amide bonds. The molecule has 0 spiro atoms. The number of hydrogen-bond donors (Lipinski definition) is 1. The van der Waals surface area contributed by atoms with E-state index in [1.54, 1.807) is 0 Å². The average molecular weight is 327 g/mol. The van der Waals surface area contributed by atoms with Crippen LogP contribution in [0.4, 0.5) is 5.69 Å². The van der Waals surface area contributed by atoms with Crippen LogP contribution in [0.5, 0.6) is 0 Å². The molecule has 104 valence electrons. The van der Waals surface area contributed by atoms with Gasteiger partial charge in [-0.15, -0.1) is 0 Å². The van der Waals surface area contributed by atoms with Crippen LogP contribution in [-0.4, -0.2) is 38.8 Å². The Kier molecular flexibility index (Phi) is 5.22. The van der Waals surface area contributed by atoms with Gasteiger partial charge >= 0.3 is 5.97 Å². The maximum Gasteiger partial charge on any atom is 0.307 e. The van der Waals surface area contributed by atoms with Crippen molar-refractivity contribution in [3.63, 3.8) is 0 Å². The molecular weight excluding hydrogens is 308 g/mol. The molecule has 1 aliphatic heterocycles. The summed E-state index contributed by atoms with van der Waals surface area (Å²) in [5.74, 6) is -0.159. The van der Waals surface area contributed by atoms with Crippen molar-refractivity contribution in [1.29, 1.82) is 0 Å². The molecule has 0 aliphatic carbocycles. The zero-order valence-electron chi connectivity index (χ0n) is 11.1. The van der Waals surface area contributed by atoms with Crippen LogP contribution in [-0.2, 0) is 9.53 Å². The van der Waals surface area contributed by atoms with Crippen LogP contribution in [0.25, 0.3) is 0 Å². The highest BCUT2D eigenvalue weighted by Crippen LogP contribution is 2.21. The van der Waals surface area contributed by atoms with Gasteiger partial charge in [-0.3, -0.25) is 4.79 Å². The van der Waals surface area contributed by atoms with Gasteiger partial charge in [0.1, 0.15) is 0 Å². The third kappa shape index (κ3) is 4.21. The van der Waals surface area contributed by atoms with Gasteiger partial charge in [0, 0.05) is 29.3 Å². The van der Waals surface area contributed by atoms with Crippen LogP contribution in [0.1, 0.15) is 12.8 Å². The Morgan fingerprint density at radius 2 is 2.42 bits per heavy atom. The summed E-state index contributed by atoms with van der Waals surface area (Å²) >= 11 is 3.50. The number of nitrogens with zero attached hydrogens (tertiary/aromatic N) is 1. The van der Waals surface area contributed by atoms with E-state index in [-0.39, 0.29) is 12.0 Å². The van der Waals surface area contributed by atoms with Gasteiger partial charge in [0.05, 0.1) is 13.5 Å². The first kappa shape index (κ1) is 14.3. The number of carbonyl (C=O) groups excluding carboxylic acids is 1. The zero-order chi connectivity index (χ0) is 13.7. The second kappa shape index (κ2) is 6.91. The number of benzene rings is 1. The third-order valence-corrected chi connectivity index (χ3v) is 3.79. The van der Waals surface area contributed by atoms with Crippen molar-refractivity contribution in [3.05, 3.63) is 28.7 Å². The summed E-state index contributed by atoms with van der Waals surface area (Å²) in [5.41, 5.74) is 1.19. The van der Waals surface area contributed by atoms with Crippen LogP contribution < -0.4 is 10.2 Å². The van der Waals surface area contributed by atoms with Crippen LogP contribution >= 0.6 is 15.9 Å². The quantitative estimate of drug-likeness (QED) is 0.864. The van der Waals surface area contributed by atoms with Gasteiger partial charge < -0.3 is 15.0 Å². The molecule has 19 heavy (non-hydrogen) atoms. The summed E-state index contributed by atoms with van der Waals surface area (Å²) in [6.07, 6.45) is 1.49. The number of ether oxygens (including phenoxy) is 1. The number of esters is 1. The van der Waals surface area contributed by atoms with Gasteiger partial charge in [-0.2, -0.15) is 0 Å². The standard InChI is InChI=1S/C14H19BrN2O2/c1-19-14(18)9-12-10-17(7-3-6-16-12)13-5-2-4-11(15)8-13/h2,4-5,8,12,16H,3,6-7,9-10H2,1H3. The Morgan fingerprint density at radius 3 is 3.16 bits per heavy atom. The summed E-state index contributed by atoms with van der Waals surface area (Å²) in [4.78, 5) is 13.7. The highest BCUT2D eigenvalue weighted by Gasteiger charge is 2.20. The fourth-order valence-corrected chi connectivity index (χ4v) is 2.71. The van der Waals surface area contributed by atoms with Crippen molar-refractivity contribution in [3.8, 4) is 0 Å². The molecule has 1 saturated heterocycles. The molecule has 1 heterocycles. The Bertz CT molecular complexity index is 439. The predicted octanol–water partition coefficient (Wildman–Crippen LogP) is 2.18. The lowest BCUT2D eigenvalue weighted by atomic mass is 10.2. The second-order valence-corrected chi connectivity index (χ2v) is 5.63. The molecule has 1 unspecified atom stereocenters. The van der Waals surface area contributed by atoms with Crippen LogP contribution in [0.3, 0.4) is 0 Å². The average Bonchev–Trinajstić information content (AvgIpc) is 2.64. The van der Waals surface area contributed by atoms with Gasteiger partial charge in [-0.25, -0.2) is 0 Å². The number of rotatable bonds is 3. The maximum atomic E-state index is 11.4. The minimum absolute atomic E-state index is 0.147. The van der Waals surface area contributed by atoms with Crippen LogP contribution in [0.2, 0.25) is 0 Å². The normalized spacial score (nSPS) is 19.9. The first-order valence-corrected chi connectivity index (χ1v) is 7.29. The van der Waals surface area contributed by atoms with E-state index in [1.165, 1.54) is 12.8 Å². The fraction of sp³-hybridized carbons (Fsp3) is 0.500. The summed E-state index contributed by atoms with van der Waals surface area (Å²) in [5, 5.41) is 3.41. The molecule has 1 aliphatic rings. The summed E-state index contributed by atoms with van der Waals surface area (Å²) < 4.78 is 5.82. The molecule has 1 atom stereocenters. The molecule has 1 N–H and O–H groups in total. The zero-order valence-corrected chi connectivity index (χ0v) is 12.6. The van der Waals surface area contributed by atoms with Crippen LogP contribution in [0, 0.1) is 0 Å². The monoisotopic (exact) mass is 326 g/mol. The van der Waals surface area contributed by atoms with Gasteiger partial charge in [-0.1, -0.05) is 22.0 Å². The van der Waals surface area contributed by atoms with Crippen LogP contribution in [0.15, 0.2) is 28.7 Å². The number of halogens is 1. The molecule has 1 fully saturated rings. The Morgan fingerprint density at radius 1 is 1.58 bits per heavy atom. The molecule has 0 bridgehead atoms. The number of methoxy groups -OCH3 is 1. The topological polar surface area (TPSA) is 41.6 Å². The Balaban J connectivity index is 2.06. The summed E-state index contributed by atoms with van der Waals surface area (Å²) in [7, 11) is 1.44. The first-order valence-electron chi connectivity index (χ1n) is 6.50. The van der Waals surface area contributed by atoms with Gasteiger partial charge in [0.15, 0.2) is 0 Å². The smallest absolute Gasteiger partial charge is 0.307 e. The van der Waals surface area contributed by atoms with Crippen molar-refractivity contribution in [2.75, 3.05) is 31.6 Å². The maximum absolute atomic E-state index is 11.4. The number of hydrogen-bond acceptors (Lipinski definition) is 4. The largest absolute Gasteiger partial charge is 0.469 e. The molecule has 0 aromatic heterocycles. The molecule has 0 radical (unpaired) electrons. The SMILES string of the molecule is COC(=O)CC1CN(c2cccc(Br)c2)CCCN1. The predicted molar refractivity (Wildman–Crippen MR) is 79.4 cm³/mol. The number of carbonyl (C=O) groups is 1. The molecule has 0 saturated carbocycles. The third-order valence-electron chi connectivity index (χ3n) is 3.29. The highest BCUT2D eigenvalue weighted by atomic mass is 79.9. The molecule has 1 aromatic rings. The van der Waals surface area contributed by atoms with E-state index in [0.717, 1.165) is 30.5 Å². The van der Waals surface area contributed by atoms with E-state index < -0.39 is 0 Å². The van der Waals surface area contributed by atoms with E-state index in [4.69, 9.17) is 4.74 Å². The fourth-order valence-electron chi connectivity index (χ4n) is 2.33. The molecule has 1 aromatic carbocycles. The van der Waals surface area contributed by atoms with Crippen molar-refractivity contribution in [2.24, 2.45) is 0 Å². The van der Waals surface area contributed by atoms with Crippen molar-refractivity contribution >= 4 is 27.6 Å². The summed E-state index contributed by atoms with van der Waals surface area (Å²) in [6.45, 7) is 2.76. The van der Waals surface area contributed by atoms with E-state index in [2.05, 4.69) is 38.3 Å². The number of nitrogens with one attached hydrogen (secondary N) is 1. The van der Waals surface area contributed by atoms with Gasteiger partial charge in [-0.05, 0) is 31.2 Å². The van der Waals surface area contributed by atoms with Crippen molar-refractivity contribution < 1.29 is 9.53 Å². The first-order chi connectivity index (χ1) is 9.19. The van der Waals surface area contributed by atoms with E-state index in [1.807, 2.05) is 12.1 Å². The van der Waals surface area contributed by atoms with E-state index in [0.29, 0.717) is 6.42 Å². The Hall–Kier alpha value is -1.07. The number of anilines is 1. The lowest BCUT2D eigenvalue weighted by Gasteiger charge is -2.26. The van der Waals surface area contributed by atoms with E-state index >= 15 is 0 Å².